The van der Waals surface area contributed by atoms with E-state index in [9.17, 15) is 4.39 Å². The van der Waals surface area contributed by atoms with Gasteiger partial charge >= 0.3 is 0 Å². The minimum absolute atomic E-state index is 0.279. The number of anilines is 3. The molecule has 0 aliphatic rings. The number of benzene rings is 9. The Morgan fingerprint density at radius 1 is 0.357 bits per heavy atom. The molecule has 0 unspecified atom stereocenters. The van der Waals surface area contributed by atoms with Crippen LogP contribution < -0.4 is 4.90 Å². The molecule has 0 aliphatic carbocycles. The Morgan fingerprint density at radius 3 is 1.59 bits per heavy atom. The lowest BCUT2D eigenvalue weighted by Crippen LogP contribution is -2.10. The Morgan fingerprint density at radius 2 is 0.893 bits per heavy atom. The topological polar surface area (TPSA) is 29.0 Å². The first-order valence-corrected chi connectivity index (χ1v) is 18.8. The minimum atomic E-state index is -0.279. The van der Waals surface area contributed by atoms with Gasteiger partial charge in [-0.15, -0.1) is 0 Å². The third-order valence-electron chi connectivity index (χ3n) is 10.5. The second-order valence-corrected chi connectivity index (χ2v) is 14.0. The van der Waals surface area contributed by atoms with E-state index in [4.69, 9.17) is 9.97 Å². The SMILES string of the molecule is Fc1cccc(N(c2ccc(-c3ccc4c(ccc5ccc6nc(-c7ccccc7)c(-c7ccccc7)nc6c54)c3)cc2)c2cccc(-c3ccccc3)c2)c1. The average molecular weight is 720 g/mol. The molecule has 0 amide bonds. The molecule has 1 heterocycles. The van der Waals surface area contributed by atoms with E-state index in [1.165, 1.54) is 6.07 Å². The van der Waals surface area contributed by atoms with Gasteiger partial charge in [0.25, 0.3) is 0 Å². The lowest BCUT2D eigenvalue weighted by molar-refractivity contribution is 0.628. The molecule has 0 fully saturated rings. The second-order valence-electron chi connectivity index (χ2n) is 14.0. The third-order valence-corrected chi connectivity index (χ3v) is 10.5. The van der Waals surface area contributed by atoms with Crippen molar-refractivity contribution in [1.29, 1.82) is 0 Å². The van der Waals surface area contributed by atoms with Crippen LogP contribution >= 0.6 is 0 Å². The number of rotatable bonds is 7. The molecule has 56 heavy (non-hydrogen) atoms. The summed E-state index contributed by atoms with van der Waals surface area (Å²) in [6.07, 6.45) is 0. The van der Waals surface area contributed by atoms with Crippen LogP contribution in [0.2, 0.25) is 0 Å². The van der Waals surface area contributed by atoms with Gasteiger partial charge in [-0.05, 0) is 93.0 Å². The lowest BCUT2D eigenvalue weighted by atomic mass is 9.96. The van der Waals surface area contributed by atoms with E-state index in [-0.39, 0.29) is 5.82 Å². The maximum Gasteiger partial charge on any atom is 0.125 e. The molecule has 0 radical (unpaired) electrons. The Hall–Kier alpha value is -7.43. The van der Waals surface area contributed by atoms with Crippen molar-refractivity contribution in [2.45, 2.75) is 0 Å². The van der Waals surface area contributed by atoms with E-state index in [1.807, 2.05) is 60.7 Å². The summed E-state index contributed by atoms with van der Waals surface area (Å²) in [5.74, 6) is -0.279. The number of aromatic nitrogens is 2. The van der Waals surface area contributed by atoms with Crippen LogP contribution in [0.4, 0.5) is 21.5 Å². The fourth-order valence-corrected chi connectivity index (χ4v) is 7.76. The molecular weight excluding hydrogens is 686 g/mol. The van der Waals surface area contributed by atoms with Crippen molar-refractivity contribution in [3.05, 3.63) is 212 Å². The molecular formula is C52H34FN3. The van der Waals surface area contributed by atoms with E-state index < -0.39 is 0 Å². The number of halogens is 1. The van der Waals surface area contributed by atoms with E-state index >= 15 is 0 Å². The number of fused-ring (bicyclic) bond motifs is 5. The zero-order chi connectivity index (χ0) is 37.4. The van der Waals surface area contributed by atoms with Crippen molar-refractivity contribution in [3.8, 4) is 44.8 Å². The monoisotopic (exact) mass is 719 g/mol. The molecule has 10 aromatic rings. The van der Waals surface area contributed by atoms with Gasteiger partial charge < -0.3 is 4.90 Å². The third kappa shape index (κ3) is 6.13. The quantitative estimate of drug-likeness (QED) is 0.154. The number of hydrogen-bond donors (Lipinski definition) is 0. The Bertz CT molecular complexity index is 3020. The molecule has 4 heteroatoms. The zero-order valence-corrected chi connectivity index (χ0v) is 30.3. The number of hydrogen-bond acceptors (Lipinski definition) is 3. The number of nitrogens with zero attached hydrogens (tertiary/aromatic N) is 3. The summed E-state index contributed by atoms with van der Waals surface area (Å²) < 4.78 is 14.7. The summed E-state index contributed by atoms with van der Waals surface area (Å²) in [6.45, 7) is 0. The van der Waals surface area contributed by atoms with Crippen LogP contribution in [0.15, 0.2) is 206 Å². The van der Waals surface area contributed by atoms with Gasteiger partial charge in [0.2, 0.25) is 0 Å². The van der Waals surface area contributed by atoms with Crippen LogP contribution in [0.5, 0.6) is 0 Å². The Labute approximate surface area is 324 Å². The highest BCUT2D eigenvalue weighted by Crippen LogP contribution is 2.40. The van der Waals surface area contributed by atoms with Gasteiger partial charge in [0.05, 0.1) is 22.4 Å². The average Bonchev–Trinajstić information content (AvgIpc) is 3.27. The van der Waals surface area contributed by atoms with Crippen molar-refractivity contribution in [3.63, 3.8) is 0 Å². The summed E-state index contributed by atoms with van der Waals surface area (Å²) in [7, 11) is 0. The summed E-state index contributed by atoms with van der Waals surface area (Å²) in [5, 5.41) is 4.47. The van der Waals surface area contributed by atoms with E-state index in [0.29, 0.717) is 0 Å². The molecule has 3 nitrogen and oxygen atoms in total. The first kappa shape index (κ1) is 33.2. The summed E-state index contributed by atoms with van der Waals surface area (Å²) in [4.78, 5) is 12.7. The molecule has 0 spiro atoms. The molecule has 0 saturated carbocycles. The van der Waals surface area contributed by atoms with Gasteiger partial charge in [0.15, 0.2) is 0 Å². The largest absolute Gasteiger partial charge is 0.310 e. The molecule has 10 rings (SSSR count). The van der Waals surface area contributed by atoms with Gasteiger partial charge in [-0.2, -0.15) is 0 Å². The predicted molar refractivity (Wildman–Crippen MR) is 231 cm³/mol. The van der Waals surface area contributed by atoms with Gasteiger partial charge in [-0.3, -0.25) is 0 Å². The van der Waals surface area contributed by atoms with Crippen LogP contribution in [0.25, 0.3) is 77.3 Å². The molecule has 0 N–H and O–H groups in total. The maximum absolute atomic E-state index is 14.7. The van der Waals surface area contributed by atoms with E-state index in [2.05, 4.69) is 132 Å². The van der Waals surface area contributed by atoms with Crippen molar-refractivity contribution < 1.29 is 4.39 Å². The van der Waals surface area contributed by atoms with Gasteiger partial charge in [0.1, 0.15) is 5.82 Å². The van der Waals surface area contributed by atoms with E-state index in [1.54, 1.807) is 12.1 Å². The summed E-state index contributed by atoms with van der Waals surface area (Å²) in [6, 6.07) is 69.8. The predicted octanol–water partition coefficient (Wildman–Crippen LogP) is 14.2. The highest BCUT2D eigenvalue weighted by molar-refractivity contribution is 6.19. The lowest BCUT2D eigenvalue weighted by Gasteiger charge is -2.26. The van der Waals surface area contributed by atoms with Crippen LogP contribution in [-0.4, -0.2) is 9.97 Å². The van der Waals surface area contributed by atoms with Crippen molar-refractivity contribution in [1.82, 2.24) is 9.97 Å². The van der Waals surface area contributed by atoms with Crippen LogP contribution in [0, 0.1) is 5.82 Å². The normalized spacial score (nSPS) is 11.3. The zero-order valence-electron chi connectivity index (χ0n) is 30.3. The molecule has 0 aliphatic heterocycles. The van der Waals surface area contributed by atoms with Gasteiger partial charge in [-0.1, -0.05) is 152 Å². The van der Waals surface area contributed by atoms with Crippen LogP contribution in [-0.2, 0) is 0 Å². The first-order valence-electron chi connectivity index (χ1n) is 18.8. The smallest absolute Gasteiger partial charge is 0.125 e. The van der Waals surface area contributed by atoms with E-state index in [0.717, 1.165) is 94.4 Å². The highest BCUT2D eigenvalue weighted by Gasteiger charge is 2.17. The van der Waals surface area contributed by atoms with Crippen molar-refractivity contribution >= 4 is 49.6 Å². The summed E-state index contributed by atoms with van der Waals surface area (Å²) in [5.41, 5.74) is 12.6. The van der Waals surface area contributed by atoms with Crippen LogP contribution in [0.1, 0.15) is 0 Å². The second kappa shape index (κ2) is 14.1. The fraction of sp³-hybridized carbons (Fsp3) is 0. The highest BCUT2D eigenvalue weighted by atomic mass is 19.1. The Kier molecular flexibility index (Phi) is 8.34. The minimum Gasteiger partial charge on any atom is -0.310 e. The Balaban J connectivity index is 1.06. The maximum atomic E-state index is 14.7. The molecule has 0 bridgehead atoms. The van der Waals surface area contributed by atoms with Gasteiger partial charge in [-0.25, -0.2) is 14.4 Å². The van der Waals surface area contributed by atoms with Crippen LogP contribution in [0.3, 0.4) is 0 Å². The molecule has 264 valence electrons. The molecule has 0 atom stereocenters. The van der Waals surface area contributed by atoms with Gasteiger partial charge in [0, 0.05) is 33.6 Å². The van der Waals surface area contributed by atoms with Crippen molar-refractivity contribution in [2.75, 3.05) is 4.90 Å². The molecule has 1 aromatic heterocycles. The summed E-state index contributed by atoms with van der Waals surface area (Å²) >= 11 is 0. The molecule has 9 aromatic carbocycles. The first-order chi connectivity index (χ1) is 27.7. The fourth-order valence-electron chi connectivity index (χ4n) is 7.76. The van der Waals surface area contributed by atoms with Crippen molar-refractivity contribution in [2.24, 2.45) is 0 Å². The standard InChI is InChI=1S/C52H34FN3/c53-43-19-11-21-46(34-43)56(45-20-10-18-40(33-45)35-12-4-1-5-13-35)44-28-24-36(25-29-44)41-26-30-47-42(32-41)23-22-37-27-31-48-52(49(37)47)55-51(39-16-8-3-9-17-39)50(54-48)38-14-6-2-7-15-38/h1-34H. The molecule has 0 saturated heterocycles.